The molecule has 0 bridgehead atoms. The van der Waals surface area contributed by atoms with Crippen molar-refractivity contribution in [3.05, 3.63) is 80.8 Å². The number of anilines is 2. The normalized spacial score (nSPS) is 16.9. The number of carbonyl (C=O) groups is 2. The highest BCUT2D eigenvalue weighted by atomic mass is 32.1. The predicted octanol–water partition coefficient (Wildman–Crippen LogP) is 6.32. The van der Waals surface area contributed by atoms with Gasteiger partial charge in [-0.05, 0) is 54.4 Å². The molecule has 0 radical (unpaired) electrons. The third-order valence-electron chi connectivity index (χ3n) is 7.28. The molecule has 1 saturated carbocycles. The molecule has 0 unspecified atom stereocenters. The van der Waals surface area contributed by atoms with Crippen LogP contribution in [-0.4, -0.2) is 32.2 Å². The summed E-state index contributed by atoms with van der Waals surface area (Å²) in [5.41, 5.74) is 4.43. The van der Waals surface area contributed by atoms with Gasteiger partial charge in [0.1, 0.15) is 10.0 Å². The van der Waals surface area contributed by atoms with Gasteiger partial charge in [-0.1, -0.05) is 91.5 Å². The highest BCUT2D eigenvalue weighted by Crippen LogP contribution is 2.43. The standard InChI is InChI=1S/C30H34N6O2S2/c1-3-19-8-5-10-21(14-19)16-25(37)31-29-35-33-27(39-29)23-12-7-13-24(18-23)28-34-36-30(40-28)32-26(38)17-22-11-6-9-20(4-2)15-22/h5-6,8-11,14-15,23-24H,3-4,7,12-13,16-18H2,1-2H3,(H,31,35,37)(H,32,36,38)/t23-,24-/m1/s1. The summed E-state index contributed by atoms with van der Waals surface area (Å²) in [4.78, 5) is 25.2. The Morgan fingerprint density at radius 2 is 1.18 bits per heavy atom. The van der Waals surface area contributed by atoms with Gasteiger partial charge in [-0.25, -0.2) is 0 Å². The van der Waals surface area contributed by atoms with Crippen molar-refractivity contribution in [3.8, 4) is 0 Å². The molecule has 4 aromatic rings. The molecule has 2 amide bonds. The van der Waals surface area contributed by atoms with E-state index in [9.17, 15) is 9.59 Å². The van der Waals surface area contributed by atoms with Crippen LogP contribution in [0.1, 0.15) is 83.6 Å². The number of benzene rings is 2. The Hall–Kier alpha value is -3.50. The van der Waals surface area contributed by atoms with Gasteiger partial charge in [-0.2, -0.15) is 0 Å². The fourth-order valence-corrected chi connectivity index (χ4v) is 6.97. The van der Waals surface area contributed by atoms with Crippen molar-refractivity contribution in [3.63, 3.8) is 0 Å². The number of nitrogens with one attached hydrogen (secondary N) is 2. The molecule has 10 heteroatoms. The van der Waals surface area contributed by atoms with Gasteiger partial charge in [-0.3, -0.25) is 9.59 Å². The number of aryl methyl sites for hydroxylation is 2. The first-order valence-corrected chi connectivity index (χ1v) is 15.5. The fourth-order valence-electron chi connectivity index (χ4n) is 5.16. The molecule has 2 aromatic heterocycles. The maximum atomic E-state index is 12.6. The summed E-state index contributed by atoms with van der Waals surface area (Å²) in [6.07, 6.45) is 6.53. The monoisotopic (exact) mass is 574 g/mol. The lowest BCUT2D eigenvalue weighted by atomic mass is 9.82. The van der Waals surface area contributed by atoms with Crippen LogP contribution in [0.4, 0.5) is 10.3 Å². The van der Waals surface area contributed by atoms with Crippen LogP contribution in [0.5, 0.6) is 0 Å². The predicted molar refractivity (Wildman–Crippen MR) is 160 cm³/mol. The van der Waals surface area contributed by atoms with Crippen molar-refractivity contribution in [2.45, 2.75) is 77.0 Å². The molecule has 40 heavy (non-hydrogen) atoms. The van der Waals surface area contributed by atoms with Crippen molar-refractivity contribution in [2.75, 3.05) is 10.6 Å². The van der Waals surface area contributed by atoms with Crippen molar-refractivity contribution >= 4 is 44.8 Å². The molecule has 0 saturated heterocycles. The summed E-state index contributed by atoms with van der Waals surface area (Å²) < 4.78 is 0. The highest BCUT2D eigenvalue weighted by Gasteiger charge is 2.29. The van der Waals surface area contributed by atoms with E-state index in [1.54, 1.807) is 0 Å². The first-order valence-electron chi connectivity index (χ1n) is 13.9. The van der Waals surface area contributed by atoms with Gasteiger partial charge in [0.25, 0.3) is 0 Å². The number of hydrogen-bond acceptors (Lipinski definition) is 8. The number of carbonyl (C=O) groups excluding carboxylic acids is 2. The van der Waals surface area contributed by atoms with Gasteiger partial charge in [0.15, 0.2) is 0 Å². The molecule has 1 aliphatic carbocycles. The average Bonchev–Trinajstić information content (AvgIpc) is 3.63. The SMILES string of the molecule is CCc1cccc(CC(=O)Nc2nnc([C@@H]3CCC[C@@H](c4nnc(NC(=O)Cc5cccc(CC)c5)s4)C3)s2)c1. The van der Waals surface area contributed by atoms with Gasteiger partial charge >= 0.3 is 0 Å². The molecular weight excluding hydrogens is 541 g/mol. The molecule has 2 aromatic carbocycles. The van der Waals surface area contributed by atoms with Crippen LogP contribution < -0.4 is 10.6 Å². The lowest BCUT2D eigenvalue weighted by Crippen LogP contribution is -2.14. The molecular formula is C30H34N6O2S2. The highest BCUT2D eigenvalue weighted by molar-refractivity contribution is 7.15. The Kier molecular flexibility index (Phi) is 9.28. The summed E-state index contributed by atoms with van der Waals surface area (Å²) >= 11 is 2.91. The molecule has 8 nitrogen and oxygen atoms in total. The van der Waals surface area contributed by atoms with Crippen LogP contribution >= 0.6 is 22.7 Å². The largest absolute Gasteiger partial charge is 0.300 e. The van der Waals surface area contributed by atoms with Crippen LogP contribution in [0.15, 0.2) is 48.5 Å². The van der Waals surface area contributed by atoms with E-state index in [4.69, 9.17) is 0 Å². The number of amides is 2. The lowest BCUT2D eigenvalue weighted by molar-refractivity contribution is -0.116. The molecule has 2 heterocycles. The van der Waals surface area contributed by atoms with E-state index in [1.807, 2.05) is 24.3 Å². The average molecular weight is 575 g/mol. The Labute approximate surface area is 242 Å². The minimum atomic E-state index is -0.0843. The Morgan fingerprint density at radius 1 is 0.725 bits per heavy atom. The number of hydrogen-bond donors (Lipinski definition) is 2. The van der Waals surface area contributed by atoms with Gasteiger partial charge in [0.2, 0.25) is 22.1 Å². The van der Waals surface area contributed by atoms with Gasteiger partial charge in [0, 0.05) is 11.8 Å². The van der Waals surface area contributed by atoms with Crippen molar-refractivity contribution in [1.29, 1.82) is 0 Å². The topological polar surface area (TPSA) is 110 Å². The summed E-state index contributed by atoms with van der Waals surface area (Å²) in [6, 6.07) is 16.2. The molecule has 1 fully saturated rings. The summed E-state index contributed by atoms with van der Waals surface area (Å²) in [6.45, 7) is 4.21. The molecule has 0 aliphatic heterocycles. The summed E-state index contributed by atoms with van der Waals surface area (Å²) in [5.74, 6) is 0.352. The summed E-state index contributed by atoms with van der Waals surface area (Å²) in [5, 5.41) is 26.1. The van der Waals surface area contributed by atoms with Crippen molar-refractivity contribution < 1.29 is 9.59 Å². The molecule has 1 aliphatic rings. The number of aromatic nitrogens is 4. The van der Waals surface area contributed by atoms with Crippen LogP contribution in [0.3, 0.4) is 0 Å². The third kappa shape index (κ3) is 7.37. The first kappa shape index (κ1) is 28.0. The minimum absolute atomic E-state index is 0.0843. The van der Waals surface area contributed by atoms with Crippen LogP contribution in [0, 0.1) is 0 Å². The van der Waals surface area contributed by atoms with E-state index >= 15 is 0 Å². The lowest BCUT2D eigenvalue weighted by Gasteiger charge is -2.25. The quantitative estimate of drug-likeness (QED) is 0.229. The van der Waals surface area contributed by atoms with Crippen LogP contribution in [0.25, 0.3) is 0 Å². The Bertz CT molecular complexity index is 1360. The van der Waals surface area contributed by atoms with E-state index in [0.29, 0.717) is 23.1 Å². The zero-order chi connectivity index (χ0) is 27.9. The smallest absolute Gasteiger partial charge is 0.230 e. The van der Waals surface area contributed by atoms with E-state index in [-0.39, 0.29) is 23.7 Å². The van der Waals surface area contributed by atoms with Gasteiger partial charge in [-0.15, -0.1) is 20.4 Å². The third-order valence-corrected chi connectivity index (χ3v) is 9.28. The zero-order valence-electron chi connectivity index (χ0n) is 22.9. The van der Waals surface area contributed by atoms with Crippen LogP contribution in [0.2, 0.25) is 0 Å². The molecule has 2 atom stereocenters. The minimum Gasteiger partial charge on any atom is -0.300 e. The van der Waals surface area contributed by atoms with E-state index in [1.165, 1.54) is 33.8 Å². The van der Waals surface area contributed by atoms with E-state index in [2.05, 4.69) is 69.1 Å². The Balaban J connectivity index is 1.14. The second-order valence-corrected chi connectivity index (χ2v) is 12.3. The number of rotatable bonds is 10. The van der Waals surface area contributed by atoms with Crippen molar-refractivity contribution in [2.24, 2.45) is 0 Å². The van der Waals surface area contributed by atoms with E-state index < -0.39 is 0 Å². The first-order chi connectivity index (χ1) is 19.5. The second kappa shape index (κ2) is 13.2. The molecule has 0 spiro atoms. The Morgan fingerprint density at radius 3 is 1.62 bits per heavy atom. The molecule has 5 rings (SSSR count). The molecule has 208 valence electrons. The van der Waals surface area contributed by atoms with Crippen molar-refractivity contribution in [1.82, 2.24) is 20.4 Å². The van der Waals surface area contributed by atoms with Gasteiger partial charge < -0.3 is 10.6 Å². The summed E-state index contributed by atoms with van der Waals surface area (Å²) in [7, 11) is 0. The van der Waals surface area contributed by atoms with E-state index in [0.717, 1.165) is 59.7 Å². The zero-order valence-corrected chi connectivity index (χ0v) is 24.5. The molecule has 2 N–H and O–H groups in total. The number of nitrogens with zero attached hydrogens (tertiary/aromatic N) is 4. The van der Waals surface area contributed by atoms with Gasteiger partial charge in [0.05, 0.1) is 12.8 Å². The fraction of sp³-hybridized carbons (Fsp3) is 0.400. The van der Waals surface area contributed by atoms with Crippen LogP contribution in [-0.2, 0) is 35.3 Å². The maximum Gasteiger partial charge on any atom is 0.230 e. The maximum absolute atomic E-state index is 12.6. The second-order valence-electron chi connectivity index (χ2n) is 10.2.